The molecule has 182 valence electrons. The molecule has 1 fully saturated rings. The number of likely N-dealkylation sites (tertiary alicyclic amines) is 1. The molecule has 2 atom stereocenters. The molecule has 9 nitrogen and oxygen atoms in total. The van der Waals surface area contributed by atoms with Crippen molar-refractivity contribution in [3.8, 4) is 17.2 Å². The van der Waals surface area contributed by atoms with Crippen LogP contribution in [0.3, 0.4) is 0 Å². The van der Waals surface area contributed by atoms with Gasteiger partial charge in [0.05, 0.1) is 18.4 Å². The first-order valence-electron chi connectivity index (χ1n) is 11.8. The van der Waals surface area contributed by atoms with Crippen molar-refractivity contribution in [2.75, 3.05) is 25.0 Å². The maximum Gasteiger partial charge on any atom is 0.269 e. The SMILES string of the molecule is Cc1ccc(O[C@H]2CCCN(C(=O)Cn3cc(NC(=O)[C@H]4COc5ccccc5O4)cn3)C2)cc1. The second kappa shape index (κ2) is 10.1. The number of hydrogen-bond donors (Lipinski definition) is 1. The first-order chi connectivity index (χ1) is 17.0. The molecule has 0 saturated carbocycles. The molecule has 2 aromatic carbocycles. The Morgan fingerprint density at radius 2 is 1.94 bits per heavy atom. The number of rotatable bonds is 6. The van der Waals surface area contributed by atoms with Crippen molar-refractivity contribution < 1.29 is 23.8 Å². The van der Waals surface area contributed by atoms with Crippen LogP contribution >= 0.6 is 0 Å². The normalized spacial score (nSPS) is 19.2. The van der Waals surface area contributed by atoms with E-state index in [4.69, 9.17) is 14.2 Å². The van der Waals surface area contributed by atoms with Crippen molar-refractivity contribution in [3.63, 3.8) is 0 Å². The Morgan fingerprint density at radius 3 is 2.77 bits per heavy atom. The minimum atomic E-state index is -0.770. The monoisotopic (exact) mass is 476 g/mol. The first-order valence-corrected chi connectivity index (χ1v) is 11.8. The van der Waals surface area contributed by atoms with Gasteiger partial charge >= 0.3 is 0 Å². The molecule has 5 rings (SSSR count). The van der Waals surface area contributed by atoms with Crippen LogP contribution in [0, 0.1) is 6.92 Å². The third-order valence-electron chi connectivity index (χ3n) is 6.05. The molecule has 3 heterocycles. The van der Waals surface area contributed by atoms with Gasteiger partial charge in [-0.25, -0.2) is 0 Å². The summed E-state index contributed by atoms with van der Waals surface area (Å²) in [4.78, 5) is 27.3. The zero-order valence-corrected chi connectivity index (χ0v) is 19.6. The highest BCUT2D eigenvalue weighted by Gasteiger charge is 2.28. The van der Waals surface area contributed by atoms with Crippen LogP contribution in [0.1, 0.15) is 18.4 Å². The smallest absolute Gasteiger partial charge is 0.269 e. The molecule has 0 spiro atoms. The van der Waals surface area contributed by atoms with Crippen LogP contribution in [0.25, 0.3) is 0 Å². The lowest BCUT2D eigenvalue weighted by Crippen LogP contribution is -2.45. The van der Waals surface area contributed by atoms with Crippen molar-refractivity contribution >= 4 is 17.5 Å². The predicted molar refractivity (Wildman–Crippen MR) is 129 cm³/mol. The fourth-order valence-corrected chi connectivity index (χ4v) is 4.19. The van der Waals surface area contributed by atoms with Crippen LogP contribution in [0.4, 0.5) is 5.69 Å². The number of nitrogens with one attached hydrogen (secondary N) is 1. The second-order valence-corrected chi connectivity index (χ2v) is 8.81. The van der Waals surface area contributed by atoms with Gasteiger partial charge in [0, 0.05) is 12.7 Å². The number of aryl methyl sites for hydroxylation is 1. The maximum absolute atomic E-state index is 12.9. The zero-order valence-electron chi connectivity index (χ0n) is 19.6. The highest BCUT2D eigenvalue weighted by molar-refractivity contribution is 5.94. The molecule has 1 N–H and O–H groups in total. The van der Waals surface area contributed by atoms with E-state index < -0.39 is 6.10 Å². The third kappa shape index (κ3) is 5.56. The molecule has 2 aliphatic rings. The lowest BCUT2D eigenvalue weighted by Gasteiger charge is -2.33. The number of amides is 2. The molecule has 2 amide bonds. The van der Waals surface area contributed by atoms with Crippen molar-refractivity contribution in [2.45, 2.75) is 38.5 Å². The number of aromatic nitrogens is 2. The summed E-state index contributed by atoms with van der Waals surface area (Å²) in [7, 11) is 0. The van der Waals surface area contributed by atoms with E-state index in [9.17, 15) is 9.59 Å². The number of ether oxygens (including phenoxy) is 3. The van der Waals surface area contributed by atoms with Gasteiger partial charge in [-0.15, -0.1) is 0 Å². The van der Waals surface area contributed by atoms with E-state index in [1.807, 2.05) is 48.2 Å². The van der Waals surface area contributed by atoms with Gasteiger partial charge in [-0.3, -0.25) is 14.3 Å². The third-order valence-corrected chi connectivity index (χ3v) is 6.05. The van der Waals surface area contributed by atoms with E-state index in [0.717, 1.165) is 18.6 Å². The molecular formula is C26H28N4O5. The number of nitrogens with zero attached hydrogens (tertiary/aromatic N) is 3. The molecule has 1 saturated heterocycles. The van der Waals surface area contributed by atoms with E-state index in [0.29, 0.717) is 30.3 Å². The summed E-state index contributed by atoms with van der Waals surface area (Å²) in [6.45, 7) is 3.48. The molecule has 0 radical (unpaired) electrons. The van der Waals surface area contributed by atoms with Gasteiger partial charge < -0.3 is 24.4 Å². The summed E-state index contributed by atoms with van der Waals surface area (Å²) in [6.07, 6.45) is 4.14. The van der Waals surface area contributed by atoms with Crippen LogP contribution in [0.15, 0.2) is 60.9 Å². The van der Waals surface area contributed by atoms with Gasteiger partial charge in [-0.05, 0) is 44.0 Å². The standard InChI is InChI=1S/C26H28N4O5/c1-18-8-10-20(11-9-18)34-21-5-4-12-29(15-21)25(31)16-30-14-19(13-27-30)28-26(32)24-17-33-22-6-2-3-7-23(22)35-24/h2-3,6-11,13-14,21,24H,4-5,12,15-17H2,1H3,(H,28,32)/t21-,24+/m0/s1. The van der Waals surface area contributed by atoms with E-state index >= 15 is 0 Å². The molecular weight excluding hydrogens is 448 g/mol. The summed E-state index contributed by atoms with van der Waals surface area (Å²) in [6, 6.07) is 15.2. The molecule has 0 unspecified atom stereocenters. The Bertz CT molecular complexity index is 1190. The Kier molecular flexibility index (Phi) is 6.56. The number of hydrogen-bond acceptors (Lipinski definition) is 6. The van der Waals surface area contributed by atoms with Gasteiger partial charge in [0.1, 0.15) is 25.0 Å². The van der Waals surface area contributed by atoms with Crippen LogP contribution in [0.2, 0.25) is 0 Å². The number of piperidine rings is 1. The zero-order chi connectivity index (χ0) is 24.2. The van der Waals surface area contributed by atoms with Gasteiger partial charge in [0.15, 0.2) is 11.5 Å². The Balaban J connectivity index is 1.12. The minimum absolute atomic E-state index is 0.0364. The average molecular weight is 477 g/mol. The predicted octanol–water partition coefficient (Wildman–Crippen LogP) is 3.04. The highest BCUT2D eigenvalue weighted by atomic mass is 16.6. The summed E-state index contributed by atoms with van der Waals surface area (Å²) in [5.74, 6) is 1.60. The fourth-order valence-electron chi connectivity index (χ4n) is 4.19. The molecule has 2 aliphatic heterocycles. The van der Waals surface area contributed by atoms with Gasteiger partial charge in [-0.1, -0.05) is 29.8 Å². The summed E-state index contributed by atoms with van der Waals surface area (Å²) in [5.41, 5.74) is 1.67. The summed E-state index contributed by atoms with van der Waals surface area (Å²) < 4.78 is 18.9. The molecule has 9 heteroatoms. The van der Waals surface area contributed by atoms with Crippen LogP contribution in [0.5, 0.6) is 17.2 Å². The minimum Gasteiger partial charge on any atom is -0.489 e. The van der Waals surface area contributed by atoms with E-state index in [2.05, 4.69) is 10.4 Å². The Labute approximate surface area is 203 Å². The second-order valence-electron chi connectivity index (χ2n) is 8.81. The average Bonchev–Trinajstić information content (AvgIpc) is 3.31. The quantitative estimate of drug-likeness (QED) is 0.588. The number of fused-ring (bicyclic) bond motifs is 1. The number of anilines is 1. The van der Waals surface area contributed by atoms with E-state index in [1.165, 1.54) is 16.4 Å². The van der Waals surface area contributed by atoms with E-state index in [-0.39, 0.29) is 31.1 Å². The number of carbonyl (C=O) groups is 2. The van der Waals surface area contributed by atoms with Gasteiger partial charge in [0.2, 0.25) is 12.0 Å². The van der Waals surface area contributed by atoms with E-state index in [1.54, 1.807) is 18.3 Å². The first kappa shape index (κ1) is 22.8. The number of carbonyl (C=O) groups excluding carboxylic acids is 2. The van der Waals surface area contributed by atoms with Crippen molar-refractivity contribution in [1.29, 1.82) is 0 Å². The number of benzene rings is 2. The van der Waals surface area contributed by atoms with Gasteiger partial charge in [0.25, 0.3) is 5.91 Å². The topological polar surface area (TPSA) is 94.9 Å². The Hall–Kier alpha value is -4.01. The van der Waals surface area contributed by atoms with Crippen LogP contribution < -0.4 is 19.5 Å². The van der Waals surface area contributed by atoms with Crippen molar-refractivity contribution in [3.05, 3.63) is 66.5 Å². The van der Waals surface area contributed by atoms with Crippen molar-refractivity contribution in [1.82, 2.24) is 14.7 Å². The molecule has 0 bridgehead atoms. The molecule has 0 aliphatic carbocycles. The lowest BCUT2D eigenvalue weighted by atomic mass is 10.1. The maximum atomic E-state index is 12.9. The van der Waals surface area contributed by atoms with Crippen LogP contribution in [-0.2, 0) is 16.1 Å². The molecule has 35 heavy (non-hydrogen) atoms. The van der Waals surface area contributed by atoms with Crippen LogP contribution in [-0.4, -0.2) is 58.4 Å². The molecule has 3 aromatic rings. The Morgan fingerprint density at radius 1 is 1.14 bits per heavy atom. The fraction of sp³-hybridized carbons (Fsp3) is 0.346. The largest absolute Gasteiger partial charge is 0.489 e. The summed E-state index contributed by atoms with van der Waals surface area (Å²) in [5, 5.41) is 7.01. The summed E-state index contributed by atoms with van der Waals surface area (Å²) >= 11 is 0. The lowest BCUT2D eigenvalue weighted by molar-refractivity contribution is -0.134. The highest BCUT2D eigenvalue weighted by Crippen LogP contribution is 2.31. The number of para-hydroxylation sites is 2. The molecule has 1 aromatic heterocycles. The van der Waals surface area contributed by atoms with Crippen molar-refractivity contribution in [2.24, 2.45) is 0 Å². The van der Waals surface area contributed by atoms with Gasteiger partial charge in [-0.2, -0.15) is 5.10 Å².